The van der Waals surface area contributed by atoms with E-state index in [-0.39, 0.29) is 0 Å². The molecule has 6 rings (SSSR count). The first kappa shape index (κ1) is 16.9. The summed E-state index contributed by atoms with van der Waals surface area (Å²) in [7, 11) is 0. The van der Waals surface area contributed by atoms with Crippen molar-refractivity contribution in [2.24, 2.45) is 0 Å². The number of pyridine rings is 1. The molecule has 0 aliphatic rings. The molecular formula is C29H19N. The van der Waals surface area contributed by atoms with Crippen molar-refractivity contribution in [3.8, 4) is 22.3 Å². The van der Waals surface area contributed by atoms with Crippen molar-refractivity contribution >= 4 is 32.4 Å². The van der Waals surface area contributed by atoms with E-state index in [1.807, 2.05) is 12.3 Å². The summed E-state index contributed by atoms with van der Waals surface area (Å²) in [6.07, 6.45) is 1.86. The van der Waals surface area contributed by atoms with Crippen molar-refractivity contribution in [3.63, 3.8) is 0 Å². The average molecular weight is 381 g/mol. The van der Waals surface area contributed by atoms with Crippen LogP contribution in [0.2, 0.25) is 0 Å². The second-order valence-electron chi connectivity index (χ2n) is 7.64. The van der Waals surface area contributed by atoms with Gasteiger partial charge < -0.3 is 0 Å². The maximum atomic E-state index is 4.56. The monoisotopic (exact) mass is 381 g/mol. The Morgan fingerprint density at radius 3 is 1.87 bits per heavy atom. The molecule has 6 aromatic rings. The summed E-state index contributed by atoms with van der Waals surface area (Å²) < 4.78 is 0. The van der Waals surface area contributed by atoms with E-state index in [1.165, 1.54) is 49.2 Å². The van der Waals surface area contributed by atoms with E-state index < -0.39 is 0 Å². The highest BCUT2D eigenvalue weighted by molar-refractivity contribution is 6.20. The molecule has 30 heavy (non-hydrogen) atoms. The van der Waals surface area contributed by atoms with Crippen LogP contribution in [-0.4, -0.2) is 4.98 Å². The largest absolute Gasteiger partial charge is 0.256 e. The molecule has 1 heterocycles. The van der Waals surface area contributed by atoms with Gasteiger partial charge in [-0.15, -0.1) is 0 Å². The molecule has 0 amide bonds. The number of benzene rings is 5. The quantitative estimate of drug-likeness (QED) is 0.278. The molecule has 0 radical (unpaired) electrons. The topological polar surface area (TPSA) is 12.9 Å². The third-order valence-electron chi connectivity index (χ3n) is 5.93. The Morgan fingerprint density at radius 1 is 0.400 bits per heavy atom. The predicted molar refractivity (Wildman–Crippen MR) is 128 cm³/mol. The molecule has 0 N–H and O–H groups in total. The number of hydrogen-bond acceptors (Lipinski definition) is 1. The van der Waals surface area contributed by atoms with Gasteiger partial charge in [-0.05, 0) is 62.0 Å². The lowest BCUT2D eigenvalue weighted by Gasteiger charge is -2.13. The van der Waals surface area contributed by atoms with Crippen molar-refractivity contribution in [1.29, 1.82) is 0 Å². The summed E-state index contributed by atoms with van der Waals surface area (Å²) in [4.78, 5) is 4.56. The van der Waals surface area contributed by atoms with Crippen molar-refractivity contribution in [3.05, 3.63) is 115 Å². The molecule has 0 saturated heterocycles. The third kappa shape index (κ3) is 2.67. The minimum atomic E-state index is 1.03. The highest BCUT2D eigenvalue weighted by atomic mass is 14.6. The number of hydrogen-bond donors (Lipinski definition) is 0. The molecule has 0 unspecified atom stereocenters. The average Bonchev–Trinajstić information content (AvgIpc) is 2.84. The van der Waals surface area contributed by atoms with Crippen molar-refractivity contribution in [2.75, 3.05) is 0 Å². The van der Waals surface area contributed by atoms with Gasteiger partial charge in [0, 0.05) is 11.6 Å². The van der Waals surface area contributed by atoms with Gasteiger partial charge in [-0.1, -0.05) is 91.0 Å². The van der Waals surface area contributed by atoms with E-state index >= 15 is 0 Å². The van der Waals surface area contributed by atoms with Crippen LogP contribution < -0.4 is 0 Å². The van der Waals surface area contributed by atoms with Crippen LogP contribution in [0.1, 0.15) is 0 Å². The van der Waals surface area contributed by atoms with E-state index in [9.17, 15) is 0 Å². The van der Waals surface area contributed by atoms with Gasteiger partial charge in [-0.2, -0.15) is 0 Å². The molecule has 0 saturated carbocycles. The maximum absolute atomic E-state index is 4.56. The van der Waals surface area contributed by atoms with Gasteiger partial charge in [-0.25, -0.2) is 0 Å². The molecule has 5 aromatic carbocycles. The second-order valence-corrected chi connectivity index (χ2v) is 7.64. The van der Waals surface area contributed by atoms with Gasteiger partial charge in [0.25, 0.3) is 0 Å². The highest BCUT2D eigenvalue weighted by Crippen LogP contribution is 2.38. The summed E-state index contributed by atoms with van der Waals surface area (Å²) >= 11 is 0. The lowest BCUT2D eigenvalue weighted by Crippen LogP contribution is -1.87. The Bertz CT molecular complexity index is 1510. The summed E-state index contributed by atoms with van der Waals surface area (Å²) in [6, 6.07) is 39.0. The molecule has 1 heteroatoms. The zero-order valence-corrected chi connectivity index (χ0v) is 16.4. The fraction of sp³-hybridized carbons (Fsp3) is 0. The molecule has 1 aromatic heterocycles. The number of nitrogens with zero attached hydrogens (tertiary/aromatic N) is 1. The van der Waals surface area contributed by atoms with Gasteiger partial charge in [0.05, 0.1) is 5.52 Å². The minimum absolute atomic E-state index is 1.03. The summed E-state index contributed by atoms with van der Waals surface area (Å²) in [5, 5.41) is 6.28. The molecule has 0 aliphatic heterocycles. The normalized spacial score (nSPS) is 11.3. The fourth-order valence-electron chi connectivity index (χ4n) is 4.45. The molecule has 0 spiro atoms. The molecular weight excluding hydrogens is 362 g/mol. The standard InChI is InChI=1S/C29H19N/c1-2-7-20(8-3-1)21-12-14-22(15-13-21)27-19-28-25(23-9-4-5-10-24(23)27)16-17-29-26(28)11-6-18-30-29/h1-19H. The van der Waals surface area contributed by atoms with Crippen LogP contribution in [0.3, 0.4) is 0 Å². The molecule has 0 fully saturated rings. The first-order valence-electron chi connectivity index (χ1n) is 10.2. The Labute approximate surface area is 175 Å². The Morgan fingerprint density at radius 2 is 1.03 bits per heavy atom. The molecule has 0 atom stereocenters. The van der Waals surface area contributed by atoms with E-state index in [1.54, 1.807) is 0 Å². The van der Waals surface area contributed by atoms with Crippen LogP contribution in [-0.2, 0) is 0 Å². The number of fused-ring (bicyclic) bond motifs is 5. The SMILES string of the molecule is c1ccc(-c2ccc(-c3cc4c5cccnc5ccc4c4ccccc34)cc2)cc1. The smallest absolute Gasteiger partial charge is 0.0708 e. The highest BCUT2D eigenvalue weighted by Gasteiger charge is 2.11. The Balaban J connectivity index is 1.62. The van der Waals surface area contributed by atoms with Crippen LogP contribution >= 0.6 is 0 Å². The zero-order chi connectivity index (χ0) is 19.9. The van der Waals surface area contributed by atoms with Crippen molar-refractivity contribution in [1.82, 2.24) is 4.98 Å². The maximum Gasteiger partial charge on any atom is 0.0708 e. The van der Waals surface area contributed by atoms with Gasteiger partial charge >= 0.3 is 0 Å². The Kier molecular flexibility index (Phi) is 3.85. The van der Waals surface area contributed by atoms with Crippen molar-refractivity contribution in [2.45, 2.75) is 0 Å². The summed E-state index contributed by atoms with van der Waals surface area (Å²) in [5.41, 5.74) is 6.00. The lowest BCUT2D eigenvalue weighted by atomic mass is 9.91. The van der Waals surface area contributed by atoms with Gasteiger partial charge in [0.15, 0.2) is 0 Å². The van der Waals surface area contributed by atoms with Crippen LogP contribution in [0.25, 0.3) is 54.7 Å². The van der Waals surface area contributed by atoms with E-state index in [0.717, 1.165) is 5.52 Å². The zero-order valence-electron chi connectivity index (χ0n) is 16.4. The first-order valence-corrected chi connectivity index (χ1v) is 10.2. The Hall–Kier alpha value is -3.97. The minimum Gasteiger partial charge on any atom is -0.256 e. The molecule has 0 aliphatic carbocycles. The summed E-state index contributed by atoms with van der Waals surface area (Å²) in [5.74, 6) is 0. The molecule has 1 nitrogen and oxygen atoms in total. The van der Waals surface area contributed by atoms with Crippen molar-refractivity contribution < 1.29 is 0 Å². The number of aromatic nitrogens is 1. The van der Waals surface area contributed by atoms with Gasteiger partial charge in [0.2, 0.25) is 0 Å². The fourth-order valence-corrected chi connectivity index (χ4v) is 4.45. The van der Waals surface area contributed by atoms with E-state index in [2.05, 4.69) is 108 Å². The molecule has 140 valence electrons. The van der Waals surface area contributed by atoms with Crippen LogP contribution in [0, 0.1) is 0 Å². The first-order chi connectivity index (χ1) is 14.9. The van der Waals surface area contributed by atoms with E-state index in [4.69, 9.17) is 0 Å². The van der Waals surface area contributed by atoms with Gasteiger partial charge in [-0.3, -0.25) is 4.98 Å². The molecule has 0 bridgehead atoms. The van der Waals surface area contributed by atoms with Crippen LogP contribution in [0.15, 0.2) is 115 Å². The third-order valence-corrected chi connectivity index (χ3v) is 5.93. The van der Waals surface area contributed by atoms with E-state index in [0.29, 0.717) is 0 Å². The lowest BCUT2D eigenvalue weighted by molar-refractivity contribution is 1.42. The van der Waals surface area contributed by atoms with Gasteiger partial charge in [0.1, 0.15) is 0 Å². The van der Waals surface area contributed by atoms with Crippen LogP contribution in [0.4, 0.5) is 0 Å². The predicted octanol–water partition coefficient (Wildman–Crippen LogP) is 7.88. The summed E-state index contributed by atoms with van der Waals surface area (Å²) in [6.45, 7) is 0. The second kappa shape index (κ2) is 6.82. The van der Waals surface area contributed by atoms with Crippen LogP contribution in [0.5, 0.6) is 0 Å². The number of rotatable bonds is 2.